The van der Waals surface area contributed by atoms with Gasteiger partial charge in [0, 0.05) is 18.3 Å². The summed E-state index contributed by atoms with van der Waals surface area (Å²) in [5, 5.41) is 12.2. The summed E-state index contributed by atoms with van der Waals surface area (Å²) in [6.45, 7) is 2.49. The molecule has 0 aliphatic heterocycles. The molecular weight excluding hydrogens is 490 g/mol. The molecule has 0 atom stereocenters. The summed E-state index contributed by atoms with van der Waals surface area (Å²) < 4.78 is 22.1. The van der Waals surface area contributed by atoms with E-state index >= 15 is 0 Å². The number of hydrogen-bond acceptors (Lipinski definition) is 8. The van der Waals surface area contributed by atoms with Gasteiger partial charge >= 0.3 is 0 Å². The minimum Gasteiger partial charge on any atom is -0.496 e. The van der Waals surface area contributed by atoms with Crippen LogP contribution in [0.15, 0.2) is 46.1 Å². The van der Waals surface area contributed by atoms with Crippen molar-refractivity contribution in [2.24, 2.45) is 0 Å². The molecule has 2 aromatic heterocycles. The van der Waals surface area contributed by atoms with Gasteiger partial charge in [0.1, 0.15) is 16.9 Å². The number of carbonyl (C=O) groups is 1. The monoisotopic (exact) mass is 517 g/mol. The van der Waals surface area contributed by atoms with E-state index in [2.05, 4.69) is 44.3 Å². The number of nitrogens with zero attached hydrogens (tertiary/aromatic N) is 3. The summed E-state index contributed by atoms with van der Waals surface area (Å²) in [4.78, 5) is 12.6. The standard InChI is InChI=1S/C27H27N5O4S/c1-4-6-25(33)28-13-18-14-29-32(16-18)15-17-9-22(35-3)26-23(10-17)36-30-27(26)31-37-24-12-20-8-5-7-19(20)11-21(24)34-2/h9-12,14,16H,5,7-8,13,15H2,1-3H3,(H,28,33)(H,30,31). The number of methoxy groups -OCH3 is 2. The molecule has 9 nitrogen and oxygen atoms in total. The Morgan fingerprint density at radius 1 is 1.14 bits per heavy atom. The SMILES string of the molecule is CC#CC(=O)NCc1cnn(Cc2cc(OC)c3c(NSc4cc5c(cc4OC)CCC5)noc3c2)c1. The fourth-order valence-electron chi connectivity index (χ4n) is 4.44. The zero-order valence-corrected chi connectivity index (χ0v) is 21.7. The third kappa shape index (κ3) is 5.37. The lowest BCUT2D eigenvalue weighted by Crippen LogP contribution is -2.20. The summed E-state index contributed by atoms with van der Waals surface area (Å²) in [7, 11) is 3.32. The molecule has 4 aromatic rings. The fourth-order valence-corrected chi connectivity index (χ4v) is 5.23. The highest BCUT2D eigenvalue weighted by Crippen LogP contribution is 2.39. The molecule has 0 saturated carbocycles. The second kappa shape index (κ2) is 10.9. The van der Waals surface area contributed by atoms with Crippen molar-refractivity contribution in [2.45, 2.75) is 44.2 Å². The van der Waals surface area contributed by atoms with Crippen LogP contribution in [0.5, 0.6) is 11.5 Å². The molecule has 0 unspecified atom stereocenters. The molecule has 2 N–H and O–H groups in total. The number of aryl methyl sites for hydroxylation is 2. The van der Waals surface area contributed by atoms with Crippen molar-refractivity contribution in [3.05, 3.63) is 58.9 Å². The van der Waals surface area contributed by atoms with E-state index in [1.807, 2.05) is 18.3 Å². The molecule has 10 heteroatoms. The molecule has 0 fully saturated rings. The van der Waals surface area contributed by atoms with Crippen LogP contribution in [0.4, 0.5) is 5.82 Å². The first-order valence-corrected chi connectivity index (χ1v) is 12.7. The van der Waals surface area contributed by atoms with Crippen LogP contribution in [-0.4, -0.2) is 35.1 Å². The molecular formula is C27H27N5O4S. The van der Waals surface area contributed by atoms with E-state index in [0.29, 0.717) is 30.2 Å². The third-order valence-electron chi connectivity index (χ3n) is 6.18. The number of ether oxygens (including phenoxy) is 2. The highest BCUT2D eigenvalue weighted by Gasteiger charge is 2.19. The Labute approximate surface area is 219 Å². The largest absolute Gasteiger partial charge is 0.496 e. The van der Waals surface area contributed by atoms with Gasteiger partial charge in [0.05, 0.1) is 31.9 Å². The molecule has 1 aliphatic carbocycles. The molecule has 1 aliphatic rings. The van der Waals surface area contributed by atoms with Crippen molar-refractivity contribution >= 4 is 34.6 Å². The van der Waals surface area contributed by atoms with Crippen LogP contribution in [-0.2, 0) is 30.7 Å². The minimum absolute atomic E-state index is 0.312. The van der Waals surface area contributed by atoms with E-state index in [4.69, 9.17) is 14.0 Å². The number of carbonyl (C=O) groups excluding carboxylic acids is 1. The van der Waals surface area contributed by atoms with E-state index in [1.54, 1.807) is 32.0 Å². The summed E-state index contributed by atoms with van der Waals surface area (Å²) in [5.74, 6) is 6.80. The summed E-state index contributed by atoms with van der Waals surface area (Å²) in [5.41, 5.74) is 5.16. The van der Waals surface area contributed by atoms with Crippen molar-refractivity contribution in [1.29, 1.82) is 0 Å². The molecule has 0 saturated heterocycles. The van der Waals surface area contributed by atoms with E-state index in [0.717, 1.165) is 40.0 Å². The average molecular weight is 518 g/mol. The first-order chi connectivity index (χ1) is 18.1. The van der Waals surface area contributed by atoms with E-state index in [9.17, 15) is 4.79 Å². The Morgan fingerprint density at radius 3 is 2.73 bits per heavy atom. The maximum absolute atomic E-state index is 11.6. The van der Waals surface area contributed by atoms with Crippen LogP contribution in [0.1, 0.15) is 35.6 Å². The predicted molar refractivity (Wildman–Crippen MR) is 142 cm³/mol. The lowest BCUT2D eigenvalue weighted by atomic mass is 10.1. The molecule has 37 heavy (non-hydrogen) atoms. The normalized spacial score (nSPS) is 12.1. The van der Waals surface area contributed by atoms with Crippen molar-refractivity contribution in [3.63, 3.8) is 0 Å². The lowest BCUT2D eigenvalue weighted by Gasteiger charge is -2.12. The molecule has 2 heterocycles. The second-order valence-electron chi connectivity index (χ2n) is 8.64. The van der Waals surface area contributed by atoms with Gasteiger partial charge < -0.3 is 24.0 Å². The van der Waals surface area contributed by atoms with Crippen molar-refractivity contribution in [3.8, 4) is 23.3 Å². The number of benzene rings is 2. The topological polar surface area (TPSA) is 103 Å². The second-order valence-corrected chi connectivity index (χ2v) is 9.48. The molecule has 190 valence electrons. The highest BCUT2D eigenvalue weighted by atomic mass is 32.2. The Bertz CT molecular complexity index is 1510. The Kier molecular flexibility index (Phi) is 7.23. The van der Waals surface area contributed by atoms with Crippen molar-refractivity contribution < 1.29 is 18.8 Å². The number of anilines is 1. The molecule has 0 bridgehead atoms. The Morgan fingerprint density at radius 2 is 1.95 bits per heavy atom. The summed E-state index contributed by atoms with van der Waals surface area (Å²) >= 11 is 1.44. The number of amides is 1. The number of hydrogen-bond donors (Lipinski definition) is 2. The number of fused-ring (bicyclic) bond motifs is 2. The maximum atomic E-state index is 11.6. The van der Waals surface area contributed by atoms with Crippen molar-refractivity contribution in [1.82, 2.24) is 20.3 Å². The van der Waals surface area contributed by atoms with Gasteiger partial charge in [-0.3, -0.25) is 9.48 Å². The maximum Gasteiger partial charge on any atom is 0.296 e. The van der Waals surface area contributed by atoms with Gasteiger partial charge in [-0.05, 0) is 85.0 Å². The van der Waals surface area contributed by atoms with E-state index in [1.165, 1.54) is 29.5 Å². The number of nitrogens with one attached hydrogen (secondary N) is 2. The zero-order chi connectivity index (χ0) is 25.8. The van der Waals surface area contributed by atoms with E-state index in [-0.39, 0.29) is 5.91 Å². The summed E-state index contributed by atoms with van der Waals surface area (Å²) in [6, 6.07) is 8.20. The number of aromatic nitrogens is 3. The fraction of sp³-hybridized carbons (Fsp3) is 0.296. The molecule has 5 rings (SSSR count). The summed E-state index contributed by atoms with van der Waals surface area (Å²) in [6.07, 6.45) is 6.97. The lowest BCUT2D eigenvalue weighted by molar-refractivity contribution is -0.115. The molecule has 2 aromatic carbocycles. The first kappa shape index (κ1) is 24.6. The van der Waals surface area contributed by atoms with Crippen LogP contribution < -0.4 is 19.5 Å². The molecule has 0 spiro atoms. The predicted octanol–water partition coefficient (Wildman–Crippen LogP) is 4.34. The van der Waals surface area contributed by atoms with Crippen LogP contribution in [0.2, 0.25) is 0 Å². The quantitative estimate of drug-likeness (QED) is 0.250. The minimum atomic E-state index is -0.312. The van der Waals surface area contributed by atoms with Gasteiger partial charge in [0.15, 0.2) is 11.4 Å². The van der Waals surface area contributed by atoms with Gasteiger partial charge in [0.25, 0.3) is 5.91 Å². The van der Waals surface area contributed by atoms with Gasteiger partial charge in [-0.1, -0.05) is 11.1 Å². The van der Waals surface area contributed by atoms with Gasteiger partial charge in [0.2, 0.25) is 0 Å². The van der Waals surface area contributed by atoms with Gasteiger partial charge in [-0.2, -0.15) is 5.10 Å². The number of rotatable bonds is 9. The van der Waals surface area contributed by atoms with Gasteiger partial charge in [-0.25, -0.2) is 0 Å². The van der Waals surface area contributed by atoms with Crippen molar-refractivity contribution in [2.75, 3.05) is 18.9 Å². The van der Waals surface area contributed by atoms with E-state index < -0.39 is 0 Å². The first-order valence-electron chi connectivity index (χ1n) is 11.9. The highest BCUT2D eigenvalue weighted by molar-refractivity contribution is 8.00. The van der Waals surface area contributed by atoms with Crippen LogP contribution in [0.3, 0.4) is 0 Å². The Balaban J connectivity index is 1.32. The van der Waals surface area contributed by atoms with Crippen LogP contribution in [0.25, 0.3) is 11.0 Å². The van der Waals surface area contributed by atoms with Crippen LogP contribution >= 0.6 is 11.9 Å². The zero-order valence-electron chi connectivity index (χ0n) is 20.9. The molecule has 1 amide bonds. The van der Waals surface area contributed by atoms with Crippen LogP contribution in [0, 0.1) is 11.8 Å². The average Bonchev–Trinajstić information content (AvgIpc) is 3.65. The smallest absolute Gasteiger partial charge is 0.296 e. The van der Waals surface area contributed by atoms with Gasteiger partial charge in [-0.15, -0.1) is 0 Å². The molecule has 0 radical (unpaired) electrons. The Hall–Kier alpha value is -4.10. The third-order valence-corrected chi connectivity index (χ3v) is 7.01.